The van der Waals surface area contributed by atoms with Crippen LogP contribution in [0.4, 0.5) is 0 Å². The van der Waals surface area contributed by atoms with Crippen molar-refractivity contribution in [3.05, 3.63) is 55.7 Å². The lowest BCUT2D eigenvalue weighted by molar-refractivity contribution is -0.136. The zero-order valence-electron chi connectivity index (χ0n) is 11.9. The Balaban J connectivity index is 1.84. The van der Waals surface area contributed by atoms with Gasteiger partial charge >= 0.3 is 5.97 Å². The van der Waals surface area contributed by atoms with Gasteiger partial charge in [-0.3, -0.25) is 9.59 Å². The third kappa shape index (κ3) is 3.23. The van der Waals surface area contributed by atoms with Crippen LogP contribution in [-0.2, 0) is 24.1 Å². The summed E-state index contributed by atoms with van der Waals surface area (Å²) < 4.78 is 0. The van der Waals surface area contributed by atoms with Gasteiger partial charge in [-0.05, 0) is 54.2 Å². The van der Waals surface area contributed by atoms with E-state index < -0.39 is 5.97 Å². The lowest BCUT2D eigenvalue weighted by Gasteiger charge is -2.05. The lowest BCUT2D eigenvalue weighted by Crippen LogP contribution is -2.02. The van der Waals surface area contributed by atoms with Gasteiger partial charge in [0.25, 0.3) is 0 Å². The van der Waals surface area contributed by atoms with Crippen molar-refractivity contribution in [2.24, 2.45) is 0 Å². The Kier molecular flexibility index (Phi) is 4.32. The molecule has 1 aliphatic carbocycles. The Hall–Kier alpha value is -1.65. The number of thiophene rings is 1. The van der Waals surface area contributed by atoms with Crippen molar-refractivity contribution >= 4 is 34.7 Å². The van der Waals surface area contributed by atoms with E-state index >= 15 is 0 Å². The van der Waals surface area contributed by atoms with Gasteiger partial charge in [0, 0.05) is 16.3 Å². The number of hydrogen-bond donors (Lipinski definition) is 1. The van der Waals surface area contributed by atoms with Gasteiger partial charge in [-0.25, -0.2) is 0 Å². The molecule has 5 heteroatoms. The molecule has 114 valence electrons. The number of carboxylic acids is 1. The van der Waals surface area contributed by atoms with E-state index in [1.54, 1.807) is 0 Å². The van der Waals surface area contributed by atoms with E-state index in [-0.39, 0.29) is 18.6 Å². The number of rotatable bonds is 4. The summed E-state index contributed by atoms with van der Waals surface area (Å²) in [5.41, 5.74) is 3.70. The topological polar surface area (TPSA) is 54.4 Å². The molecule has 0 amide bonds. The summed E-state index contributed by atoms with van der Waals surface area (Å²) in [6.07, 6.45) is 2.61. The molecule has 2 aromatic rings. The molecule has 0 bridgehead atoms. The number of carboxylic acid groups (broad SMARTS) is 1. The third-order valence-electron chi connectivity index (χ3n) is 3.91. The number of carbonyl (C=O) groups excluding carboxylic acids is 1. The minimum Gasteiger partial charge on any atom is -0.481 e. The van der Waals surface area contributed by atoms with Gasteiger partial charge in [0.1, 0.15) is 0 Å². The molecule has 3 rings (SSSR count). The molecule has 0 fully saturated rings. The van der Waals surface area contributed by atoms with Gasteiger partial charge in [0.15, 0.2) is 5.78 Å². The highest BCUT2D eigenvalue weighted by atomic mass is 35.5. The fraction of sp³-hybridized carbons (Fsp3) is 0.294. The summed E-state index contributed by atoms with van der Waals surface area (Å²) >= 11 is 7.58. The number of aryl methyl sites for hydroxylation is 2. The average Bonchev–Trinajstić information content (AvgIpc) is 2.79. The first-order chi connectivity index (χ1) is 10.5. The summed E-state index contributed by atoms with van der Waals surface area (Å²) in [6.45, 7) is 0. The number of benzene rings is 1. The van der Waals surface area contributed by atoms with Crippen LogP contribution >= 0.6 is 22.9 Å². The van der Waals surface area contributed by atoms with Crippen molar-refractivity contribution in [2.75, 3.05) is 0 Å². The van der Waals surface area contributed by atoms with E-state index in [0.29, 0.717) is 4.88 Å². The highest BCUT2D eigenvalue weighted by Crippen LogP contribution is 2.32. The van der Waals surface area contributed by atoms with Crippen molar-refractivity contribution < 1.29 is 14.7 Å². The Morgan fingerprint density at radius 3 is 2.68 bits per heavy atom. The van der Waals surface area contributed by atoms with Gasteiger partial charge in [-0.2, -0.15) is 0 Å². The molecule has 3 nitrogen and oxygen atoms in total. The highest BCUT2D eigenvalue weighted by Gasteiger charge is 2.19. The normalized spacial score (nSPS) is 13.1. The van der Waals surface area contributed by atoms with Gasteiger partial charge < -0.3 is 5.11 Å². The Labute approximate surface area is 137 Å². The summed E-state index contributed by atoms with van der Waals surface area (Å²) in [6, 6.07) is 7.92. The monoisotopic (exact) mass is 334 g/mol. The molecule has 0 radical (unpaired) electrons. The van der Waals surface area contributed by atoms with Crippen LogP contribution in [0.2, 0.25) is 5.02 Å². The second-order valence-electron chi connectivity index (χ2n) is 5.47. The maximum atomic E-state index is 12.1. The first-order valence-corrected chi connectivity index (χ1v) is 8.36. The number of carbonyl (C=O) groups is 2. The molecule has 0 saturated heterocycles. The van der Waals surface area contributed by atoms with Crippen LogP contribution in [0.5, 0.6) is 0 Å². The van der Waals surface area contributed by atoms with Gasteiger partial charge in [-0.15, -0.1) is 11.3 Å². The summed E-state index contributed by atoms with van der Waals surface area (Å²) in [5, 5.41) is 9.41. The van der Waals surface area contributed by atoms with Crippen LogP contribution in [-0.4, -0.2) is 16.9 Å². The van der Waals surface area contributed by atoms with Crippen LogP contribution in [0.15, 0.2) is 24.3 Å². The van der Waals surface area contributed by atoms with Crippen LogP contribution < -0.4 is 0 Å². The van der Waals surface area contributed by atoms with E-state index in [9.17, 15) is 9.59 Å². The molecule has 1 N–H and O–H groups in total. The first-order valence-electron chi connectivity index (χ1n) is 7.17. The predicted molar refractivity (Wildman–Crippen MR) is 87.2 cm³/mol. The maximum absolute atomic E-state index is 12.1. The highest BCUT2D eigenvalue weighted by molar-refractivity contribution is 7.14. The minimum absolute atomic E-state index is 0.0666. The number of ketones is 1. The molecule has 0 unspecified atom stereocenters. The van der Waals surface area contributed by atoms with Crippen molar-refractivity contribution in [1.29, 1.82) is 0 Å². The molecule has 1 aromatic heterocycles. The molecule has 1 aromatic carbocycles. The molecular formula is C17H15ClO3S. The van der Waals surface area contributed by atoms with E-state index in [1.807, 2.05) is 18.2 Å². The van der Waals surface area contributed by atoms with Crippen molar-refractivity contribution in [3.63, 3.8) is 0 Å². The Morgan fingerprint density at radius 2 is 1.91 bits per heavy atom. The fourth-order valence-electron chi connectivity index (χ4n) is 2.77. The second kappa shape index (κ2) is 6.23. The minimum atomic E-state index is -0.935. The lowest BCUT2D eigenvalue weighted by atomic mass is 10.0. The van der Waals surface area contributed by atoms with Gasteiger partial charge in [-0.1, -0.05) is 17.7 Å². The first kappa shape index (κ1) is 15.3. The summed E-state index contributed by atoms with van der Waals surface area (Å²) in [7, 11) is 0. The van der Waals surface area contributed by atoms with Gasteiger partial charge in [0.2, 0.25) is 0 Å². The number of fused-ring (bicyclic) bond motifs is 2. The molecule has 22 heavy (non-hydrogen) atoms. The van der Waals surface area contributed by atoms with E-state index in [2.05, 4.69) is 6.07 Å². The Bertz CT molecular complexity index is 748. The van der Waals surface area contributed by atoms with Gasteiger partial charge in [0.05, 0.1) is 11.3 Å². The zero-order valence-corrected chi connectivity index (χ0v) is 13.5. The molecule has 1 aliphatic rings. The molecule has 0 saturated carbocycles. The standard InChI is InChI=1S/C17H15ClO3S/c18-13-3-1-10-2-5-15-12(7-11(10)8-13)9-16(22-15)14(19)4-6-17(20)21/h1,3,8-9H,2,4-7H2,(H,20,21). The number of halogens is 1. The molecular weight excluding hydrogens is 320 g/mol. The van der Waals surface area contributed by atoms with E-state index in [0.717, 1.165) is 24.3 Å². The number of hydrogen-bond acceptors (Lipinski definition) is 3. The number of aliphatic carboxylic acids is 1. The zero-order chi connectivity index (χ0) is 15.7. The predicted octanol–water partition coefficient (Wildman–Crippen LogP) is 4.14. The van der Waals surface area contributed by atoms with Crippen LogP contribution in [0.1, 0.15) is 44.1 Å². The van der Waals surface area contributed by atoms with Crippen molar-refractivity contribution in [3.8, 4) is 0 Å². The number of Topliss-reactive ketones (excluding diaryl/α,β-unsaturated/α-hetero) is 1. The molecule has 0 spiro atoms. The largest absolute Gasteiger partial charge is 0.481 e. The van der Waals surface area contributed by atoms with Crippen LogP contribution in [0.3, 0.4) is 0 Å². The average molecular weight is 335 g/mol. The maximum Gasteiger partial charge on any atom is 0.303 e. The molecule has 0 atom stereocenters. The molecule has 0 aliphatic heterocycles. The van der Waals surface area contributed by atoms with Crippen LogP contribution in [0.25, 0.3) is 0 Å². The SMILES string of the molecule is O=C(O)CCC(=O)c1cc2c(s1)CCc1ccc(Cl)cc1C2. The third-order valence-corrected chi connectivity index (χ3v) is 5.42. The summed E-state index contributed by atoms with van der Waals surface area (Å²) in [4.78, 5) is 24.6. The van der Waals surface area contributed by atoms with Crippen LogP contribution in [0, 0.1) is 0 Å². The van der Waals surface area contributed by atoms with Crippen molar-refractivity contribution in [2.45, 2.75) is 32.1 Å². The summed E-state index contributed by atoms with van der Waals surface area (Å²) in [5.74, 6) is -1.01. The van der Waals surface area contributed by atoms with E-state index in [4.69, 9.17) is 16.7 Å². The second-order valence-corrected chi connectivity index (χ2v) is 7.04. The Morgan fingerprint density at radius 1 is 1.09 bits per heavy atom. The fourth-order valence-corrected chi connectivity index (χ4v) is 4.11. The quantitative estimate of drug-likeness (QED) is 0.855. The van der Waals surface area contributed by atoms with E-state index in [1.165, 1.54) is 32.9 Å². The smallest absolute Gasteiger partial charge is 0.303 e. The molecule has 1 heterocycles. The van der Waals surface area contributed by atoms with Crippen molar-refractivity contribution in [1.82, 2.24) is 0 Å².